The largest absolute Gasteiger partial charge is 0.389 e. The van der Waals surface area contributed by atoms with E-state index in [-0.39, 0.29) is 0 Å². The van der Waals surface area contributed by atoms with E-state index in [4.69, 9.17) is 0 Å². The predicted molar refractivity (Wildman–Crippen MR) is 83.7 cm³/mol. The van der Waals surface area contributed by atoms with E-state index in [2.05, 4.69) is 47.2 Å². The lowest BCUT2D eigenvalue weighted by atomic mass is 10.0. The summed E-state index contributed by atoms with van der Waals surface area (Å²) in [7, 11) is 2.13. The van der Waals surface area contributed by atoms with E-state index in [1.807, 2.05) is 13.8 Å². The number of piperidine rings is 1. The molecule has 1 atom stereocenters. The van der Waals surface area contributed by atoms with Crippen LogP contribution in [0.15, 0.2) is 30.3 Å². The van der Waals surface area contributed by atoms with Crippen molar-refractivity contribution in [1.82, 2.24) is 9.80 Å². The van der Waals surface area contributed by atoms with Crippen molar-refractivity contribution in [3.63, 3.8) is 0 Å². The maximum atomic E-state index is 9.96. The van der Waals surface area contributed by atoms with E-state index < -0.39 is 5.60 Å². The smallest absolute Gasteiger partial charge is 0.0718 e. The second-order valence-corrected chi connectivity index (χ2v) is 6.74. The Morgan fingerprint density at radius 3 is 2.65 bits per heavy atom. The van der Waals surface area contributed by atoms with Gasteiger partial charge in [-0.05, 0) is 45.8 Å². The minimum absolute atomic E-state index is 0.555. The summed E-state index contributed by atoms with van der Waals surface area (Å²) in [6.45, 7) is 7.82. The molecule has 0 aliphatic carbocycles. The maximum Gasteiger partial charge on any atom is 0.0718 e. The fourth-order valence-corrected chi connectivity index (χ4v) is 3.12. The van der Waals surface area contributed by atoms with Crippen molar-refractivity contribution in [3.8, 4) is 0 Å². The first-order valence-electron chi connectivity index (χ1n) is 7.63. The molecule has 1 fully saturated rings. The van der Waals surface area contributed by atoms with Gasteiger partial charge >= 0.3 is 0 Å². The van der Waals surface area contributed by atoms with E-state index in [1.165, 1.54) is 24.9 Å². The van der Waals surface area contributed by atoms with Crippen molar-refractivity contribution in [3.05, 3.63) is 35.9 Å². The molecular formula is C17H28N2O. The summed E-state index contributed by atoms with van der Waals surface area (Å²) in [6.07, 6.45) is 2.48. The number of hydrogen-bond acceptors (Lipinski definition) is 3. The zero-order chi connectivity index (χ0) is 14.6. The third-order valence-electron chi connectivity index (χ3n) is 3.99. The number of aliphatic hydroxyl groups is 1. The Morgan fingerprint density at radius 2 is 2.00 bits per heavy atom. The van der Waals surface area contributed by atoms with Crippen LogP contribution in [-0.2, 0) is 6.54 Å². The van der Waals surface area contributed by atoms with E-state index in [0.717, 1.165) is 19.6 Å². The van der Waals surface area contributed by atoms with Gasteiger partial charge in [-0.3, -0.25) is 9.80 Å². The minimum atomic E-state index is -0.615. The molecule has 3 heteroatoms. The number of likely N-dealkylation sites (tertiary alicyclic amines) is 1. The van der Waals surface area contributed by atoms with E-state index in [0.29, 0.717) is 6.04 Å². The second kappa shape index (κ2) is 6.70. The summed E-state index contributed by atoms with van der Waals surface area (Å²) in [5.74, 6) is 0. The van der Waals surface area contributed by atoms with Crippen molar-refractivity contribution in [2.45, 2.75) is 44.9 Å². The monoisotopic (exact) mass is 276 g/mol. The molecule has 1 aromatic carbocycles. The van der Waals surface area contributed by atoms with Crippen molar-refractivity contribution in [1.29, 1.82) is 0 Å². The summed E-state index contributed by atoms with van der Waals surface area (Å²) < 4.78 is 0. The molecule has 1 N–H and O–H groups in total. The number of likely N-dealkylation sites (N-methyl/N-ethyl adjacent to an activating group) is 1. The standard InChI is InChI=1S/C17H28N2O/c1-17(2,20)14-18(3)16-10-7-11-19(13-16)12-15-8-5-4-6-9-15/h4-6,8-9,16,20H,7,10-14H2,1-3H3. The highest BCUT2D eigenvalue weighted by molar-refractivity contribution is 5.14. The molecule has 0 radical (unpaired) electrons. The van der Waals surface area contributed by atoms with Gasteiger partial charge in [-0.15, -0.1) is 0 Å². The topological polar surface area (TPSA) is 26.7 Å². The van der Waals surface area contributed by atoms with Crippen molar-refractivity contribution in [2.24, 2.45) is 0 Å². The molecule has 1 unspecified atom stereocenters. The van der Waals surface area contributed by atoms with E-state index in [9.17, 15) is 5.11 Å². The third-order valence-corrected chi connectivity index (χ3v) is 3.99. The Balaban J connectivity index is 1.88. The molecule has 1 aromatic rings. The van der Waals surface area contributed by atoms with Gasteiger partial charge in [0.2, 0.25) is 0 Å². The second-order valence-electron chi connectivity index (χ2n) is 6.74. The van der Waals surface area contributed by atoms with Crippen LogP contribution in [-0.4, -0.2) is 53.2 Å². The van der Waals surface area contributed by atoms with E-state index >= 15 is 0 Å². The first-order valence-corrected chi connectivity index (χ1v) is 7.63. The average Bonchev–Trinajstić information content (AvgIpc) is 2.38. The Hall–Kier alpha value is -0.900. The predicted octanol–water partition coefficient (Wildman–Crippen LogP) is 2.35. The van der Waals surface area contributed by atoms with Crippen molar-refractivity contribution in [2.75, 3.05) is 26.7 Å². The summed E-state index contributed by atoms with van der Waals surface area (Å²) in [6, 6.07) is 11.2. The number of benzene rings is 1. The van der Waals surface area contributed by atoms with Gasteiger partial charge in [-0.25, -0.2) is 0 Å². The van der Waals surface area contributed by atoms with Crippen LogP contribution in [0.1, 0.15) is 32.3 Å². The number of nitrogens with zero attached hydrogens (tertiary/aromatic N) is 2. The molecule has 20 heavy (non-hydrogen) atoms. The van der Waals surface area contributed by atoms with Gasteiger partial charge in [-0.2, -0.15) is 0 Å². The number of hydrogen-bond donors (Lipinski definition) is 1. The first kappa shape index (κ1) is 15.5. The maximum absolute atomic E-state index is 9.96. The summed E-state index contributed by atoms with van der Waals surface area (Å²) in [5.41, 5.74) is 0.773. The van der Waals surface area contributed by atoms with Crippen LogP contribution in [0.5, 0.6) is 0 Å². The molecule has 0 aromatic heterocycles. The lowest BCUT2D eigenvalue weighted by molar-refractivity contribution is 0.0150. The zero-order valence-corrected chi connectivity index (χ0v) is 13.0. The third kappa shape index (κ3) is 4.89. The number of rotatable bonds is 5. The summed E-state index contributed by atoms with van der Waals surface area (Å²) >= 11 is 0. The zero-order valence-electron chi connectivity index (χ0n) is 13.0. The normalized spacial score (nSPS) is 21.4. The molecule has 1 aliphatic heterocycles. The lowest BCUT2D eigenvalue weighted by Crippen LogP contribution is -2.49. The van der Waals surface area contributed by atoms with Crippen LogP contribution in [0.4, 0.5) is 0 Å². The van der Waals surface area contributed by atoms with Crippen LogP contribution < -0.4 is 0 Å². The Kier molecular flexibility index (Phi) is 5.19. The molecule has 0 saturated carbocycles. The molecule has 0 bridgehead atoms. The Morgan fingerprint density at radius 1 is 1.30 bits per heavy atom. The molecule has 1 saturated heterocycles. The van der Waals surface area contributed by atoms with Gasteiger partial charge in [0.25, 0.3) is 0 Å². The molecule has 0 spiro atoms. The molecule has 1 aliphatic rings. The molecule has 2 rings (SSSR count). The Bertz CT molecular complexity index is 399. The molecule has 1 heterocycles. The highest BCUT2D eigenvalue weighted by atomic mass is 16.3. The van der Waals surface area contributed by atoms with Crippen LogP contribution in [0.2, 0.25) is 0 Å². The highest BCUT2D eigenvalue weighted by Gasteiger charge is 2.26. The van der Waals surface area contributed by atoms with Gasteiger partial charge in [0.15, 0.2) is 0 Å². The van der Waals surface area contributed by atoms with Crippen LogP contribution in [0.25, 0.3) is 0 Å². The molecule has 3 nitrogen and oxygen atoms in total. The van der Waals surface area contributed by atoms with E-state index in [1.54, 1.807) is 0 Å². The summed E-state index contributed by atoms with van der Waals surface area (Å²) in [4.78, 5) is 4.85. The van der Waals surface area contributed by atoms with Crippen molar-refractivity contribution >= 4 is 0 Å². The minimum Gasteiger partial charge on any atom is -0.389 e. The molecule has 0 amide bonds. The van der Waals surface area contributed by atoms with Gasteiger partial charge in [0.05, 0.1) is 5.60 Å². The fraction of sp³-hybridized carbons (Fsp3) is 0.647. The Labute approximate surface area is 123 Å². The van der Waals surface area contributed by atoms with Gasteiger partial charge in [0.1, 0.15) is 0 Å². The summed E-state index contributed by atoms with van der Waals surface area (Å²) in [5, 5.41) is 9.96. The molecule has 112 valence electrons. The van der Waals surface area contributed by atoms with Crippen molar-refractivity contribution < 1.29 is 5.11 Å². The van der Waals surface area contributed by atoms with Crippen LogP contribution in [0.3, 0.4) is 0 Å². The van der Waals surface area contributed by atoms with Gasteiger partial charge in [-0.1, -0.05) is 30.3 Å². The van der Waals surface area contributed by atoms with Gasteiger partial charge < -0.3 is 5.11 Å². The highest BCUT2D eigenvalue weighted by Crippen LogP contribution is 2.18. The fourth-order valence-electron chi connectivity index (χ4n) is 3.12. The average molecular weight is 276 g/mol. The quantitative estimate of drug-likeness (QED) is 0.894. The first-order chi connectivity index (χ1) is 9.44. The van der Waals surface area contributed by atoms with Gasteiger partial charge in [0, 0.05) is 25.7 Å². The van der Waals surface area contributed by atoms with Crippen LogP contribution in [0, 0.1) is 0 Å². The lowest BCUT2D eigenvalue weighted by Gasteiger charge is -2.39. The SMILES string of the molecule is CN(CC(C)(C)O)C1CCCN(Cc2ccccc2)C1. The molecular weight excluding hydrogens is 248 g/mol. The van der Waals surface area contributed by atoms with Crippen LogP contribution >= 0.6 is 0 Å².